The van der Waals surface area contributed by atoms with Crippen molar-refractivity contribution in [2.24, 2.45) is 5.73 Å². The smallest absolute Gasteiger partial charge is 0.326 e. The molecule has 0 rings (SSSR count). The van der Waals surface area contributed by atoms with Crippen LogP contribution in [0.5, 0.6) is 0 Å². The number of amides is 3. The Labute approximate surface area is 172 Å². The molecule has 0 saturated heterocycles. The van der Waals surface area contributed by atoms with Crippen LogP contribution in [-0.2, 0) is 33.5 Å². The molecule has 0 radical (unpaired) electrons. The van der Waals surface area contributed by atoms with Crippen molar-refractivity contribution < 1.29 is 38.6 Å². The van der Waals surface area contributed by atoms with Gasteiger partial charge in [-0.2, -0.15) is 0 Å². The van der Waals surface area contributed by atoms with E-state index < -0.39 is 48.3 Å². The van der Waals surface area contributed by atoms with Crippen LogP contribution in [0.25, 0.3) is 0 Å². The highest BCUT2D eigenvalue weighted by molar-refractivity contribution is 8.13. The van der Waals surface area contributed by atoms with Crippen LogP contribution in [0, 0.1) is 0 Å². The Kier molecular flexibility index (Phi) is 12.5. The van der Waals surface area contributed by atoms with Gasteiger partial charge in [0, 0.05) is 26.0 Å². The van der Waals surface area contributed by atoms with Crippen LogP contribution in [-0.4, -0.2) is 75.8 Å². The maximum absolute atomic E-state index is 12.7. The number of carbonyl (C=O) groups excluding carboxylic acids is 5. The van der Waals surface area contributed by atoms with E-state index in [1.165, 1.54) is 6.92 Å². The van der Waals surface area contributed by atoms with Gasteiger partial charge in [0.1, 0.15) is 18.6 Å². The summed E-state index contributed by atoms with van der Waals surface area (Å²) in [7, 11) is 0. The predicted octanol–water partition coefficient (Wildman–Crippen LogP) is -0.729. The number of nitrogens with two attached hydrogens (primary N) is 1. The number of aliphatic carboxylic acids is 1. The number of nitrogens with zero attached hydrogens (tertiary/aromatic N) is 1. The number of carbonyl (C=O) groups is 6. The first-order valence-corrected chi connectivity index (χ1v) is 9.86. The minimum absolute atomic E-state index is 0.128. The Morgan fingerprint density at radius 1 is 1.17 bits per heavy atom. The summed E-state index contributed by atoms with van der Waals surface area (Å²) in [6.45, 7) is 3.62. The number of nitrogens with one attached hydrogen (secondary N) is 1. The lowest BCUT2D eigenvalue weighted by Crippen LogP contribution is -2.53. The first-order valence-electron chi connectivity index (χ1n) is 8.88. The molecule has 4 N–H and O–H groups in total. The average Bonchev–Trinajstić information content (AvgIpc) is 2.64. The second kappa shape index (κ2) is 13.7. The Morgan fingerprint density at radius 3 is 2.28 bits per heavy atom. The number of imide groups is 1. The highest BCUT2D eigenvalue weighted by Gasteiger charge is 2.31. The van der Waals surface area contributed by atoms with Gasteiger partial charge in [-0.1, -0.05) is 18.7 Å². The average molecular weight is 433 g/mol. The lowest BCUT2D eigenvalue weighted by atomic mass is 10.1. The van der Waals surface area contributed by atoms with E-state index in [4.69, 9.17) is 15.6 Å². The van der Waals surface area contributed by atoms with Gasteiger partial charge in [0.05, 0.1) is 6.61 Å². The molecule has 0 bridgehead atoms. The maximum atomic E-state index is 12.7. The van der Waals surface area contributed by atoms with Crippen LogP contribution in [0.15, 0.2) is 0 Å². The Morgan fingerprint density at radius 2 is 1.79 bits per heavy atom. The number of esters is 1. The number of rotatable bonds is 12. The molecule has 12 heteroatoms. The van der Waals surface area contributed by atoms with Gasteiger partial charge in [-0.15, -0.1) is 0 Å². The summed E-state index contributed by atoms with van der Waals surface area (Å²) in [5.41, 5.74) is 5.34. The molecule has 3 amide bonds. The molecule has 0 aromatic rings. The van der Waals surface area contributed by atoms with E-state index in [0.29, 0.717) is 11.3 Å². The maximum Gasteiger partial charge on any atom is 0.326 e. The fourth-order valence-corrected chi connectivity index (χ4v) is 2.60. The Balaban J connectivity index is 5.21. The first-order chi connectivity index (χ1) is 13.5. The quantitative estimate of drug-likeness (QED) is 0.333. The highest BCUT2D eigenvalue weighted by atomic mass is 32.2. The van der Waals surface area contributed by atoms with Crippen molar-refractivity contribution in [3.63, 3.8) is 0 Å². The SMILES string of the molecule is CCCOC(=O)CN(C(C)=O)C(=O)C(CSC(C)=O)NC(=O)CCC(N)C(=O)O. The molecule has 29 heavy (non-hydrogen) atoms. The third-order valence-electron chi connectivity index (χ3n) is 3.49. The van der Waals surface area contributed by atoms with E-state index >= 15 is 0 Å². The molecule has 0 spiro atoms. The molecule has 0 saturated carbocycles. The van der Waals surface area contributed by atoms with Gasteiger partial charge in [0.15, 0.2) is 5.12 Å². The number of carboxylic acid groups (broad SMARTS) is 1. The van der Waals surface area contributed by atoms with Gasteiger partial charge in [-0.25, -0.2) is 0 Å². The van der Waals surface area contributed by atoms with Crippen LogP contribution in [0.1, 0.15) is 40.0 Å². The molecule has 0 aromatic heterocycles. The molecule has 2 atom stereocenters. The number of hydrogen-bond acceptors (Lipinski definition) is 9. The lowest BCUT2D eigenvalue weighted by Gasteiger charge is -2.24. The van der Waals surface area contributed by atoms with Gasteiger partial charge >= 0.3 is 11.9 Å². The fourth-order valence-electron chi connectivity index (χ4n) is 1.98. The largest absolute Gasteiger partial charge is 0.480 e. The van der Waals surface area contributed by atoms with Crippen molar-refractivity contribution in [2.45, 2.75) is 52.1 Å². The van der Waals surface area contributed by atoms with Crippen molar-refractivity contribution in [3.8, 4) is 0 Å². The van der Waals surface area contributed by atoms with Crippen molar-refractivity contribution >= 4 is 46.5 Å². The zero-order valence-corrected chi connectivity index (χ0v) is 17.5. The number of hydrogen-bond donors (Lipinski definition) is 3. The highest BCUT2D eigenvalue weighted by Crippen LogP contribution is 2.09. The molecule has 2 unspecified atom stereocenters. The number of ether oxygens (including phenoxy) is 1. The van der Waals surface area contributed by atoms with Gasteiger partial charge in [0.25, 0.3) is 5.91 Å². The first kappa shape index (κ1) is 26.5. The van der Waals surface area contributed by atoms with E-state index in [1.807, 2.05) is 0 Å². The molecule has 0 heterocycles. The second-order valence-electron chi connectivity index (χ2n) is 6.07. The molecule has 0 fully saturated rings. The predicted molar refractivity (Wildman–Crippen MR) is 104 cm³/mol. The summed E-state index contributed by atoms with van der Waals surface area (Å²) in [5, 5.41) is 10.8. The van der Waals surface area contributed by atoms with Gasteiger partial charge in [-0.05, 0) is 12.8 Å². The molecular formula is C17H27N3O8S. The topological polar surface area (TPSA) is 173 Å². The molecular weight excluding hydrogens is 406 g/mol. The Bertz CT molecular complexity index is 640. The summed E-state index contributed by atoms with van der Waals surface area (Å²) >= 11 is 0.753. The zero-order chi connectivity index (χ0) is 22.6. The van der Waals surface area contributed by atoms with Crippen molar-refractivity contribution in [1.82, 2.24) is 10.2 Å². The van der Waals surface area contributed by atoms with Gasteiger partial charge in [-0.3, -0.25) is 33.7 Å². The van der Waals surface area contributed by atoms with E-state index in [2.05, 4.69) is 5.32 Å². The third-order valence-corrected chi connectivity index (χ3v) is 4.39. The van der Waals surface area contributed by atoms with Crippen LogP contribution in [0.4, 0.5) is 0 Å². The molecule has 0 aromatic carbocycles. The lowest BCUT2D eigenvalue weighted by molar-refractivity contribution is -0.155. The molecule has 0 aliphatic rings. The van der Waals surface area contributed by atoms with Gasteiger partial charge in [0.2, 0.25) is 11.8 Å². The van der Waals surface area contributed by atoms with Crippen LogP contribution >= 0.6 is 11.8 Å². The fraction of sp³-hybridized carbons (Fsp3) is 0.647. The van der Waals surface area contributed by atoms with Crippen LogP contribution in [0.2, 0.25) is 0 Å². The molecule has 0 aliphatic heterocycles. The third kappa shape index (κ3) is 11.2. The standard InChI is InChI=1S/C17H27N3O8S/c1-4-7-28-15(24)8-20(10(2)21)16(25)13(9-29-11(3)22)19-14(23)6-5-12(18)17(26)27/h12-13H,4-9,18H2,1-3H3,(H,19,23)(H,26,27). The molecule has 0 aliphatic carbocycles. The van der Waals surface area contributed by atoms with E-state index in [1.54, 1.807) is 6.92 Å². The van der Waals surface area contributed by atoms with Crippen LogP contribution in [0.3, 0.4) is 0 Å². The monoisotopic (exact) mass is 433 g/mol. The summed E-state index contributed by atoms with van der Waals surface area (Å²) in [4.78, 5) is 71.0. The number of thioether (sulfide) groups is 1. The second-order valence-corrected chi connectivity index (χ2v) is 7.27. The normalized spacial score (nSPS) is 12.4. The van der Waals surface area contributed by atoms with E-state index in [-0.39, 0.29) is 30.3 Å². The molecule has 11 nitrogen and oxygen atoms in total. The Hall–Kier alpha value is -2.47. The number of carboxylic acids is 1. The van der Waals surface area contributed by atoms with Crippen molar-refractivity contribution in [2.75, 3.05) is 18.9 Å². The summed E-state index contributed by atoms with van der Waals surface area (Å²) < 4.78 is 4.87. The molecule has 164 valence electrons. The van der Waals surface area contributed by atoms with Crippen molar-refractivity contribution in [3.05, 3.63) is 0 Å². The van der Waals surface area contributed by atoms with Crippen molar-refractivity contribution in [1.29, 1.82) is 0 Å². The van der Waals surface area contributed by atoms with E-state index in [9.17, 15) is 28.8 Å². The summed E-state index contributed by atoms with van der Waals surface area (Å²) in [6.07, 6.45) is 0.120. The minimum atomic E-state index is -1.28. The zero-order valence-electron chi connectivity index (χ0n) is 16.6. The summed E-state index contributed by atoms with van der Waals surface area (Å²) in [6, 6.07) is -2.52. The summed E-state index contributed by atoms with van der Waals surface area (Å²) in [5.74, 6) is -4.52. The van der Waals surface area contributed by atoms with E-state index in [0.717, 1.165) is 18.7 Å². The van der Waals surface area contributed by atoms with Crippen LogP contribution < -0.4 is 11.1 Å². The minimum Gasteiger partial charge on any atom is -0.480 e. The van der Waals surface area contributed by atoms with Gasteiger partial charge < -0.3 is 20.9 Å².